The molecule has 2 heterocycles. The molecule has 1 aliphatic heterocycles. The zero-order chi connectivity index (χ0) is 20.8. The average molecular weight is 400 g/mol. The van der Waals surface area contributed by atoms with Crippen LogP contribution in [0.2, 0.25) is 0 Å². The summed E-state index contributed by atoms with van der Waals surface area (Å²) in [5.74, 6) is 0.806. The quantitative estimate of drug-likeness (QED) is 0.679. The number of fused-ring (bicyclic) bond motifs is 1. The van der Waals surface area contributed by atoms with Crippen molar-refractivity contribution in [1.82, 2.24) is 14.8 Å². The van der Waals surface area contributed by atoms with Crippen molar-refractivity contribution in [3.05, 3.63) is 36.0 Å². The second-order valence-electron chi connectivity index (χ2n) is 7.88. The summed E-state index contributed by atoms with van der Waals surface area (Å²) >= 11 is 0. The molecule has 29 heavy (non-hydrogen) atoms. The molecule has 0 radical (unpaired) electrons. The molecule has 2 aromatic rings. The standard InChI is InChI=1S/C23H33N3O3/c1-5-25(14-15-28-4)23(27)22-8-6-18-16-20(7-9-21(18)24-22)29-19-10-12-26(13-11-19)17(2)3/h6-9,16-17,19H,5,10-15H2,1-4H3. The van der Waals surface area contributed by atoms with Crippen molar-refractivity contribution in [3.63, 3.8) is 0 Å². The maximum atomic E-state index is 12.7. The Morgan fingerprint density at radius 2 is 2.00 bits per heavy atom. The van der Waals surface area contributed by atoms with Crippen LogP contribution in [0.1, 0.15) is 44.1 Å². The van der Waals surface area contributed by atoms with E-state index in [9.17, 15) is 4.79 Å². The number of carbonyl (C=O) groups excluding carboxylic acids is 1. The van der Waals surface area contributed by atoms with E-state index in [-0.39, 0.29) is 12.0 Å². The third kappa shape index (κ3) is 5.46. The van der Waals surface area contributed by atoms with Crippen molar-refractivity contribution in [2.24, 2.45) is 0 Å². The zero-order valence-corrected chi connectivity index (χ0v) is 18.1. The third-order valence-electron chi connectivity index (χ3n) is 5.62. The molecule has 1 fully saturated rings. The molecule has 1 aliphatic rings. The minimum Gasteiger partial charge on any atom is -0.490 e. The summed E-state index contributed by atoms with van der Waals surface area (Å²) < 4.78 is 11.3. The number of benzene rings is 1. The molecule has 0 atom stereocenters. The molecule has 0 N–H and O–H groups in total. The number of likely N-dealkylation sites (tertiary alicyclic amines) is 1. The molecule has 1 aromatic heterocycles. The lowest BCUT2D eigenvalue weighted by Crippen LogP contribution is -2.41. The van der Waals surface area contributed by atoms with Gasteiger partial charge in [0.1, 0.15) is 17.5 Å². The number of carbonyl (C=O) groups is 1. The van der Waals surface area contributed by atoms with Crippen LogP contribution in [0.4, 0.5) is 0 Å². The maximum Gasteiger partial charge on any atom is 0.272 e. The van der Waals surface area contributed by atoms with Crippen LogP contribution >= 0.6 is 0 Å². The van der Waals surface area contributed by atoms with Crippen molar-refractivity contribution in [2.75, 3.05) is 39.9 Å². The van der Waals surface area contributed by atoms with Gasteiger partial charge in [0.05, 0.1) is 12.1 Å². The number of pyridine rings is 1. The van der Waals surface area contributed by atoms with Gasteiger partial charge in [-0.3, -0.25) is 4.79 Å². The number of ether oxygens (including phenoxy) is 2. The van der Waals surface area contributed by atoms with Gasteiger partial charge in [0, 0.05) is 44.7 Å². The van der Waals surface area contributed by atoms with Crippen molar-refractivity contribution < 1.29 is 14.3 Å². The first-order valence-electron chi connectivity index (χ1n) is 10.6. The fraction of sp³-hybridized carbons (Fsp3) is 0.565. The topological polar surface area (TPSA) is 54.9 Å². The lowest BCUT2D eigenvalue weighted by Gasteiger charge is -2.34. The number of nitrogens with zero attached hydrogens (tertiary/aromatic N) is 3. The van der Waals surface area contributed by atoms with Crippen molar-refractivity contribution in [2.45, 2.75) is 45.8 Å². The van der Waals surface area contributed by atoms with E-state index in [2.05, 4.69) is 23.7 Å². The molecule has 1 aromatic carbocycles. The predicted molar refractivity (Wildman–Crippen MR) is 116 cm³/mol. The molecule has 1 amide bonds. The molecule has 0 spiro atoms. The fourth-order valence-corrected chi connectivity index (χ4v) is 3.77. The van der Waals surface area contributed by atoms with Gasteiger partial charge in [0.25, 0.3) is 5.91 Å². The minimum atomic E-state index is -0.0660. The van der Waals surface area contributed by atoms with Crippen LogP contribution in [0.25, 0.3) is 10.9 Å². The van der Waals surface area contributed by atoms with Gasteiger partial charge in [-0.25, -0.2) is 4.98 Å². The number of hydrogen-bond donors (Lipinski definition) is 0. The Kier molecular flexibility index (Phi) is 7.45. The highest BCUT2D eigenvalue weighted by molar-refractivity contribution is 5.95. The molecule has 0 unspecified atom stereocenters. The van der Waals surface area contributed by atoms with Crippen LogP contribution in [0, 0.1) is 0 Å². The molecular formula is C23H33N3O3. The lowest BCUT2D eigenvalue weighted by molar-refractivity contribution is 0.0701. The summed E-state index contributed by atoms with van der Waals surface area (Å²) in [6, 6.07) is 10.3. The maximum absolute atomic E-state index is 12.7. The van der Waals surface area contributed by atoms with Gasteiger partial charge >= 0.3 is 0 Å². The van der Waals surface area contributed by atoms with Gasteiger partial charge in [0.2, 0.25) is 0 Å². The molecule has 3 rings (SSSR count). The molecule has 6 heteroatoms. The number of methoxy groups -OCH3 is 1. The van der Waals surface area contributed by atoms with Crippen LogP contribution in [-0.2, 0) is 4.74 Å². The van der Waals surface area contributed by atoms with E-state index < -0.39 is 0 Å². The number of rotatable bonds is 8. The minimum absolute atomic E-state index is 0.0660. The molecule has 6 nitrogen and oxygen atoms in total. The number of piperidine rings is 1. The first-order chi connectivity index (χ1) is 14.0. The van der Waals surface area contributed by atoms with Gasteiger partial charge in [-0.15, -0.1) is 0 Å². The Balaban J connectivity index is 1.67. The van der Waals surface area contributed by atoms with E-state index in [1.165, 1.54) is 0 Å². The van der Waals surface area contributed by atoms with Gasteiger partial charge in [-0.2, -0.15) is 0 Å². The highest BCUT2D eigenvalue weighted by Gasteiger charge is 2.22. The van der Waals surface area contributed by atoms with E-state index in [1.54, 1.807) is 18.1 Å². The predicted octanol–water partition coefficient (Wildman–Crippen LogP) is 3.59. The summed E-state index contributed by atoms with van der Waals surface area (Å²) in [4.78, 5) is 21.5. The third-order valence-corrected chi connectivity index (χ3v) is 5.62. The summed E-state index contributed by atoms with van der Waals surface area (Å²) in [5.41, 5.74) is 1.27. The van der Waals surface area contributed by atoms with Crippen LogP contribution < -0.4 is 4.74 Å². The Hall–Kier alpha value is -2.18. The number of hydrogen-bond acceptors (Lipinski definition) is 5. The Morgan fingerprint density at radius 1 is 1.24 bits per heavy atom. The van der Waals surface area contributed by atoms with Crippen LogP contribution in [-0.4, -0.2) is 72.7 Å². The van der Waals surface area contributed by atoms with Crippen LogP contribution in [0.3, 0.4) is 0 Å². The Bertz CT molecular complexity index is 816. The fourth-order valence-electron chi connectivity index (χ4n) is 3.77. The smallest absolute Gasteiger partial charge is 0.272 e. The van der Waals surface area contributed by atoms with Crippen molar-refractivity contribution in [3.8, 4) is 5.75 Å². The van der Waals surface area contributed by atoms with E-state index in [0.29, 0.717) is 31.4 Å². The normalized spacial score (nSPS) is 15.8. The van der Waals surface area contributed by atoms with Gasteiger partial charge in [-0.05, 0) is 57.9 Å². The van der Waals surface area contributed by atoms with Crippen molar-refractivity contribution in [1.29, 1.82) is 0 Å². The first-order valence-corrected chi connectivity index (χ1v) is 10.6. The lowest BCUT2D eigenvalue weighted by atomic mass is 10.1. The van der Waals surface area contributed by atoms with E-state index >= 15 is 0 Å². The van der Waals surface area contributed by atoms with Crippen LogP contribution in [0.5, 0.6) is 5.75 Å². The van der Waals surface area contributed by atoms with E-state index in [1.807, 2.05) is 31.2 Å². The largest absolute Gasteiger partial charge is 0.490 e. The second-order valence-corrected chi connectivity index (χ2v) is 7.88. The SMILES string of the molecule is CCN(CCOC)C(=O)c1ccc2cc(OC3CCN(C(C)C)CC3)ccc2n1. The summed E-state index contributed by atoms with van der Waals surface area (Å²) in [6.45, 7) is 10.3. The van der Waals surface area contributed by atoms with E-state index in [4.69, 9.17) is 9.47 Å². The summed E-state index contributed by atoms with van der Waals surface area (Å²) in [7, 11) is 1.64. The zero-order valence-electron chi connectivity index (χ0n) is 18.1. The molecule has 0 saturated carbocycles. The monoisotopic (exact) mass is 399 g/mol. The average Bonchev–Trinajstić information content (AvgIpc) is 2.74. The number of likely N-dealkylation sites (N-methyl/N-ethyl adjacent to an activating group) is 1. The van der Waals surface area contributed by atoms with Crippen LogP contribution in [0.15, 0.2) is 30.3 Å². The summed E-state index contributed by atoms with van der Waals surface area (Å²) in [6.07, 6.45) is 2.36. The second kappa shape index (κ2) is 10.0. The Morgan fingerprint density at radius 3 is 2.66 bits per heavy atom. The Labute approximate surface area is 173 Å². The molecule has 0 bridgehead atoms. The molecule has 158 valence electrons. The first kappa shape index (κ1) is 21.5. The van der Waals surface area contributed by atoms with Gasteiger partial charge < -0.3 is 19.3 Å². The van der Waals surface area contributed by atoms with Crippen molar-refractivity contribution >= 4 is 16.8 Å². The van der Waals surface area contributed by atoms with Gasteiger partial charge in [0.15, 0.2) is 0 Å². The molecule has 0 aliphatic carbocycles. The summed E-state index contributed by atoms with van der Waals surface area (Å²) in [5, 5.41) is 0.985. The molecular weight excluding hydrogens is 366 g/mol. The number of aromatic nitrogens is 1. The van der Waals surface area contributed by atoms with E-state index in [0.717, 1.165) is 42.6 Å². The number of amides is 1. The highest BCUT2D eigenvalue weighted by Crippen LogP contribution is 2.24. The van der Waals surface area contributed by atoms with Gasteiger partial charge in [-0.1, -0.05) is 6.07 Å². The molecule has 1 saturated heterocycles. The highest BCUT2D eigenvalue weighted by atomic mass is 16.5.